The Morgan fingerprint density at radius 2 is 1.35 bits per heavy atom. The van der Waals surface area contributed by atoms with Gasteiger partial charge in [0.15, 0.2) is 12.3 Å². The molecule has 55 heavy (non-hydrogen) atoms. The molecule has 0 amide bonds. The van der Waals surface area contributed by atoms with E-state index in [9.17, 15) is 13.0 Å². The molecule has 5 aromatic rings. The van der Waals surface area contributed by atoms with Crippen molar-refractivity contribution in [3.8, 4) is 5.75 Å². The van der Waals surface area contributed by atoms with Crippen molar-refractivity contribution < 1.29 is 51.8 Å². The zero-order chi connectivity index (χ0) is 38.1. The van der Waals surface area contributed by atoms with Gasteiger partial charge in [0.1, 0.15) is 22.4 Å². The molecule has 0 spiro atoms. The largest absolute Gasteiger partial charge is 1.00 e. The topological polar surface area (TPSA) is 84.7 Å². The van der Waals surface area contributed by atoms with Gasteiger partial charge in [-0.25, -0.2) is 13.0 Å². The van der Waals surface area contributed by atoms with E-state index >= 15 is 0 Å². The van der Waals surface area contributed by atoms with Gasteiger partial charge in [0.25, 0.3) is 0 Å². The Bertz CT molecular complexity index is 2290. The van der Waals surface area contributed by atoms with Crippen molar-refractivity contribution in [1.29, 1.82) is 0 Å². The van der Waals surface area contributed by atoms with Crippen LogP contribution in [0.3, 0.4) is 0 Å². The van der Waals surface area contributed by atoms with Crippen molar-refractivity contribution in [2.75, 3.05) is 29.9 Å². The number of nitrogens with one attached hydrogen (secondary N) is 1. The first-order chi connectivity index (χ1) is 26.1. The summed E-state index contributed by atoms with van der Waals surface area (Å²) in [4.78, 5) is 1.94. The molecule has 1 aliphatic carbocycles. The van der Waals surface area contributed by atoms with E-state index in [2.05, 4.69) is 133 Å². The molecule has 1 aliphatic rings. The third-order valence-corrected chi connectivity index (χ3v) is 10.3. The van der Waals surface area contributed by atoms with Gasteiger partial charge in [-0.15, -0.1) is 0 Å². The summed E-state index contributed by atoms with van der Waals surface area (Å²) in [6.45, 7) is 11.9. The molecule has 0 aliphatic heterocycles. The van der Waals surface area contributed by atoms with Crippen LogP contribution in [0, 0.1) is 6.92 Å². The summed E-state index contributed by atoms with van der Waals surface area (Å²) in [5, 5.41) is 3.50. The molecule has 0 atom stereocenters. The van der Waals surface area contributed by atoms with Crippen LogP contribution in [0.2, 0.25) is 0 Å². The van der Waals surface area contributed by atoms with E-state index in [0.29, 0.717) is 19.7 Å². The van der Waals surface area contributed by atoms with E-state index in [-0.39, 0.29) is 34.5 Å². The maximum absolute atomic E-state index is 11.6. The molecule has 0 fully saturated rings. The first-order valence-electron chi connectivity index (χ1n) is 18.4. The number of hydrogen-bond acceptors (Lipinski definition) is 6. The number of nitrogens with zero attached hydrogens (tertiary/aromatic N) is 2. The molecule has 5 aromatic carbocycles. The summed E-state index contributed by atoms with van der Waals surface area (Å²) in [7, 11) is -4.53. The number of aryl methyl sites for hydroxylation is 1. The van der Waals surface area contributed by atoms with Gasteiger partial charge in [-0.3, -0.25) is 0 Å². The summed E-state index contributed by atoms with van der Waals surface area (Å²) in [6.07, 6.45) is 8.83. The zero-order valence-electron chi connectivity index (χ0n) is 32.3. The van der Waals surface area contributed by atoms with Crippen LogP contribution in [0.5, 0.6) is 5.75 Å². The molecule has 0 bridgehead atoms. The van der Waals surface area contributed by atoms with Gasteiger partial charge >= 0.3 is 29.6 Å². The molecule has 0 saturated carbocycles. The van der Waals surface area contributed by atoms with Crippen LogP contribution in [0.15, 0.2) is 156 Å². The van der Waals surface area contributed by atoms with E-state index in [4.69, 9.17) is 4.74 Å². The molecular formula is C46H47N3NaO4S+. The third-order valence-electron chi connectivity index (χ3n) is 9.45. The quantitative estimate of drug-likeness (QED) is 0.0774. The second-order valence-corrected chi connectivity index (χ2v) is 14.6. The Morgan fingerprint density at radius 1 is 0.745 bits per heavy atom. The number of anilines is 3. The van der Waals surface area contributed by atoms with E-state index < -0.39 is 10.1 Å². The fourth-order valence-corrected chi connectivity index (χ4v) is 7.23. The molecule has 0 aromatic heterocycles. The van der Waals surface area contributed by atoms with Crippen molar-refractivity contribution >= 4 is 38.5 Å². The second-order valence-electron chi connectivity index (χ2n) is 13.2. The fourth-order valence-electron chi connectivity index (χ4n) is 6.69. The van der Waals surface area contributed by atoms with Crippen LogP contribution in [-0.4, -0.2) is 43.0 Å². The van der Waals surface area contributed by atoms with Crippen LogP contribution in [0.4, 0.5) is 17.1 Å². The number of allylic oxidation sites excluding steroid dienone is 5. The van der Waals surface area contributed by atoms with Crippen LogP contribution >= 0.6 is 0 Å². The first kappa shape index (κ1) is 41.5. The zero-order valence-corrected chi connectivity index (χ0v) is 35.1. The van der Waals surface area contributed by atoms with Gasteiger partial charge in [-0.05, 0) is 134 Å². The number of rotatable bonds is 14. The number of benzene rings is 5. The molecule has 7 nitrogen and oxygen atoms in total. The Morgan fingerprint density at radius 3 is 1.93 bits per heavy atom. The molecule has 1 N–H and O–H groups in total. The first-order valence-corrected chi connectivity index (χ1v) is 19.8. The minimum absolute atomic E-state index is 0. The monoisotopic (exact) mass is 760 g/mol. The summed E-state index contributed by atoms with van der Waals surface area (Å²) in [5.74, 6) is 0.845. The second kappa shape index (κ2) is 19.2. The third kappa shape index (κ3) is 11.0. The Hall–Kier alpha value is -4.70. The summed E-state index contributed by atoms with van der Waals surface area (Å²) >= 11 is 0. The van der Waals surface area contributed by atoms with E-state index in [1.54, 1.807) is 6.07 Å². The van der Waals surface area contributed by atoms with E-state index in [0.717, 1.165) is 63.7 Å². The molecule has 276 valence electrons. The summed E-state index contributed by atoms with van der Waals surface area (Å²) < 4.78 is 42.9. The number of hydrogen-bond donors (Lipinski definition) is 1. The van der Waals surface area contributed by atoms with Crippen molar-refractivity contribution in [1.82, 2.24) is 0 Å². The van der Waals surface area contributed by atoms with Gasteiger partial charge in [-0.2, -0.15) is 0 Å². The molecular weight excluding hydrogens is 714 g/mol. The van der Waals surface area contributed by atoms with Gasteiger partial charge in [0.2, 0.25) is 0 Å². The SMILES string of the molecule is CCOc1ccc(Nc2ccc(C(=C3C=CC(=[N+](CC)Cc4cccc(C)c4)C=C3)c3ccc(N(CC)Cc4cccc(S(=O)(=O)[O-])c4)cc3)cc2)cc1.[Na+]. The van der Waals surface area contributed by atoms with Gasteiger partial charge in [0, 0.05) is 47.9 Å². The van der Waals surface area contributed by atoms with E-state index in [1.807, 2.05) is 37.3 Å². The van der Waals surface area contributed by atoms with Crippen molar-refractivity contribution in [3.05, 3.63) is 179 Å². The summed E-state index contributed by atoms with van der Waals surface area (Å²) in [5.41, 5.74) is 11.8. The normalized spacial score (nSPS) is 12.2. The molecule has 0 unspecified atom stereocenters. The maximum Gasteiger partial charge on any atom is 1.00 e. The average molecular weight is 761 g/mol. The predicted molar refractivity (Wildman–Crippen MR) is 220 cm³/mol. The van der Waals surface area contributed by atoms with Crippen molar-refractivity contribution in [2.45, 2.75) is 45.7 Å². The minimum atomic E-state index is -4.53. The average Bonchev–Trinajstić information content (AvgIpc) is 3.18. The molecule has 0 saturated heterocycles. The molecule has 0 radical (unpaired) electrons. The van der Waals surface area contributed by atoms with Crippen LogP contribution in [-0.2, 0) is 23.2 Å². The molecule has 6 rings (SSSR count). The Balaban J connectivity index is 0.00000580. The van der Waals surface area contributed by atoms with E-state index in [1.165, 1.54) is 29.0 Å². The fraction of sp³-hybridized carbons (Fsp3) is 0.196. The maximum atomic E-state index is 11.6. The Labute approximate surface area is 348 Å². The molecule has 0 heterocycles. The summed E-state index contributed by atoms with van der Waals surface area (Å²) in [6, 6.07) is 39.9. The van der Waals surface area contributed by atoms with Gasteiger partial charge < -0.3 is 19.5 Å². The standard InChI is InChI=1S/C46H47N3O4S.Na/c1-5-48(32-35-11-8-10-34(4)30-35)42-24-16-38(17-25-42)46(37-14-20-40(21-15-37)47-41-22-28-44(29-23-41)53-7-3)39-18-26-43(27-19-39)49(6-2)33-36-12-9-13-45(31-36)54(50,51)52;/h8-31H,5-7,32-33H2,1-4H3,(H,50,51,52);/q;+1. The van der Waals surface area contributed by atoms with Gasteiger partial charge in [-0.1, -0.05) is 60.2 Å². The van der Waals surface area contributed by atoms with Crippen LogP contribution in [0.25, 0.3) is 5.57 Å². The predicted octanol–water partition coefficient (Wildman–Crippen LogP) is 6.67. The number of ether oxygens (including phenoxy) is 1. The van der Waals surface area contributed by atoms with Crippen LogP contribution < -0.4 is 44.5 Å². The van der Waals surface area contributed by atoms with Crippen molar-refractivity contribution in [2.24, 2.45) is 0 Å². The van der Waals surface area contributed by atoms with Crippen molar-refractivity contribution in [3.63, 3.8) is 0 Å². The minimum Gasteiger partial charge on any atom is -0.744 e. The molecule has 9 heteroatoms. The van der Waals surface area contributed by atoms with Gasteiger partial charge in [0.05, 0.1) is 11.5 Å². The smallest absolute Gasteiger partial charge is 0.744 e. The van der Waals surface area contributed by atoms with Crippen LogP contribution in [0.1, 0.15) is 48.6 Å². The Kier molecular flexibility index (Phi) is 14.5.